The fraction of sp³-hybridized carbons (Fsp3) is 0.0435. The SMILES string of the molecule is C=CC1(C)C=Cc2c(n(-c3cccc(-c4ccc5c6ccccc6c6ccccc6c5c4)c3)c3ccc(-c4ccccc4)cc23)C=C1. The van der Waals surface area contributed by atoms with Crippen molar-refractivity contribution in [2.24, 2.45) is 5.41 Å². The quantitative estimate of drug-likeness (QED) is 0.140. The van der Waals surface area contributed by atoms with E-state index in [9.17, 15) is 0 Å². The van der Waals surface area contributed by atoms with Gasteiger partial charge in [-0.2, -0.15) is 0 Å². The lowest BCUT2D eigenvalue weighted by atomic mass is 9.90. The Labute approximate surface area is 275 Å². The third-order valence-electron chi connectivity index (χ3n) is 9.98. The van der Waals surface area contributed by atoms with Gasteiger partial charge in [-0.05, 0) is 97.9 Å². The maximum atomic E-state index is 4.13. The van der Waals surface area contributed by atoms with E-state index in [-0.39, 0.29) is 5.41 Å². The second kappa shape index (κ2) is 10.6. The Morgan fingerprint density at radius 3 is 1.77 bits per heavy atom. The van der Waals surface area contributed by atoms with Crippen molar-refractivity contribution in [1.29, 1.82) is 0 Å². The highest BCUT2D eigenvalue weighted by molar-refractivity contribution is 6.25. The van der Waals surface area contributed by atoms with Crippen LogP contribution in [0.1, 0.15) is 18.2 Å². The summed E-state index contributed by atoms with van der Waals surface area (Å²) in [5.74, 6) is 0. The van der Waals surface area contributed by atoms with Gasteiger partial charge in [0.15, 0.2) is 0 Å². The molecule has 1 nitrogen and oxygen atoms in total. The molecule has 0 bridgehead atoms. The zero-order valence-corrected chi connectivity index (χ0v) is 26.3. The molecule has 0 N–H and O–H groups in total. The van der Waals surface area contributed by atoms with Crippen LogP contribution in [-0.4, -0.2) is 4.57 Å². The molecule has 1 unspecified atom stereocenters. The van der Waals surface area contributed by atoms with Crippen LogP contribution in [0.15, 0.2) is 164 Å². The molecule has 0 aliphatic heterocycles. The second-order valence-electron chi connectivity index (χ2n) is 12.9. The molecule has 0 saturated carbocycles. The number of allylic oxidation sites excluding steroid dienone is 3. The van der Waals surface area contributed by atoms with E-state index in [0.717, 1.165) is 5.69 Å². The Morgan fingerprint density at radius 1 is 0.489 bits per heavy atom. The van der Waals surface area contributed by atoms with E-state index in [1.165, 1.54) is 76.7 Å². The van der Waals surface area contributed by atoms with E-state index in [0.29, 0.717) is 0 Å². The van der Waals surface area contributed by atoms with Crippen molar-refractivity contribution >= 4 is 55.4 Å². The minimum atomic E-state index is -0.215. The van der Waals surface area contributed by atoms with Crippen LogP contribution in [0.25, 0.3) is 83.3 Å². The molecule has 47 heavy (non-hydrogen) atoms. The van der Waals surface area contributed by atoms with Crippen molar-refractivity contribution in [3.63, 3.8) is 0 Å². The van der Waals surface area contributed by atoms with Crippen LogP contribution in [-0.2, 0) is 0 Å². The molecule has 8 aromatic rings. The summed E-state index contributed by atoms with van der Waals surface area (Å²) in [5.41, 5.74) is 9.38. The first kappa shape index (κ1) is 27.4. The normalized spacial score (nSPS) is 15.8. The molecule has 7 aromatic carbocycles. The summed E-state index contributed by atoms with van der Waals surface area (Å²) < 4.78 is 2.42. The van der Waals surface area contributed by atoms with Gasteiger partial charge in [-0.1, -0.05) is 133 Å². The van der Waals surface area contributed by atoms with Crippen LogP contribution in [0.5, 0.6) is 0 Å². The molecular weight excluding hydrogens is 567 g/mol. The van der Waals surface area contributed by atoms with Crippen LogP contribution >= 0.6 is 0 Å². The van der Waals surface area contributed by atoms with E-state index >= 15 is 0 Å². The van der Waals surface area contributed by atoms with Gasteiger partial charge in [0, 0.05) is 22.1 Å². The number of nitrogens with zero attached hydrogens (tertiary/aromatic N) is 1. The van der Waals surface area contributed by atoms with Gasteiger partial charge >= 0.3 is 0 Å². The molecule has 222 valence electrons. The summed E-state index contributed by atoms with van der Waals surface area (Å²) in [5, 5.41) is 9.00. The van der Waals surface area contributed by atoms with Crippen LogP contribution in [0, 0.1) is 5.41 Å². The Kier molecular flexibility index (Phi) is 6.16. The van der Waals surface area contributed by atoms with Gasteiger partial charge in [0.05, 0.1) is 11.2 Å². The fourth-order valence-electron chi connectivity index (χ4n) is 7.39. The molecule has 0 fully saturated rings. The molecule has 1 aliphatic rings. The van der Waals surface area contributed by atoms with E-state index in [2.05, 4.69) is 182 Å². The molecule has 1 heteroatoms. The van der Waals surface area contributed by atoms with Crippen molar-refractivity contribution in [2.75, 3.05) is 0 Å². The Morgan fingerprint density at radius 2 is 1.04 bits per heavy atom. The summed E-state index contributed by atoms with van der Waals surface area (Å²) in [4.78, 5) is 0. The van der Waals surface area contributed by atoms with Gasteiger partial charge in [-0.3, -0.25) is 0 Å². The highest BCUT2D eigenvalue weighted by Crippen LogP contribution is 2.40. The molecule has 0 radical (unpaired) electrons. The number of hydrogen-bond acceptors (Lipinski definition) is 0. The van der Waals surface area contributed by atoms with Crippen LogP contribution < -0.4 is 0 Å². The predicted octanol–water partition coefficient (Wildman–Crippen LogP) is 12.7. The lowest BCUT2D eigenvalue weighted by Gasteiger charge is -2.15. The zero-order chi connectivity index (χ0) is 31.5. The van der Waals surface area contributed by atoms with Crippen LogP contribution in [0.3, 0.4) is 0 Å². The second-order valence-corrected chi connectivity index (χ2v) is 12.9. The molecule has 0 saturated heterocycles. The molecule has 0 amide bonds. The molecule has 1 heterocycles. The highest BCUT2D eigenvalue weighted by Gasteiger charge is 2.22. The lowest BCUT2D eigenvalue weighted by Crippen LogP contribution is -2.03. The average molecular weight is 600 g/mol. The fourth-order valence-corrected chi connectivity index (χ4v) is 7.39. The van der Waals surface area contributed by atoms with Gasteiger partial charge in [-0.25, -0.2) is 0 Å². The third kappa shape index (κ3) is 4.39. The van der Waals surface area contributed by atoms with Crippen LogP contribution in [0.2, 0.25) is 0 Å². The van der Waals surface area contributed by atoms with Crippen molar-refractivity contribution in [1.82, 2.24) is 4.57 Å². The summed E-state index contributed by atoms with van der Waals surface area (Å²) in [6.07, 6.45) is 11.1. The van der Waals surface area contributed by atoms with Crippen molar-refractivity contribution in [2.45, 2.75) is 6.92 Å². The summed E-state index contributed by atoms with van der Waals surface area (Å²) in [6, 6.07) is 51.0. The third-order valence-corrected chi connectivity index (χ3v) is 9.98. The molecule has 1 aliphatic carbocycles. The van der Waals surface area contributed by atoms with E-state index in [1.807, 2.05) is 6.08 Å². The highest BCUT2D eigenvalue weighted by atomic mass is 15.0. The monoisotopic (exact) mass is 599 g/mol. The minimum absolute atomic E-state index is 0.215. The number of aromatic nitrogens is 1. The number of benzene rings is 7. The van der Waals surface area contributed by atoms with Gasteiger partial charge in [0.2, 0.25) is 0 Å². The Balaban J connectivity index is 1.25. The Hall–Kier alpha value is -5.92. The largest absolute Gasteiger partial charge is 0.309 e. The summed E-state index contributed by atoms with van der Waals surface area (Å²) in [7, 11) is 0. The average Bonchev–Trinajstić information content (AvgIpc) is 3.35. The maximum absolute atomic E-state index is 4.13. The summed E-state index contributed by atoms with van der Waals surface area (Å²) >= 11 is 0. The molecule has 1 aromatic heterocycles. The molecule has 1 atom stereocenters. The summed E-state index contributed by atoms with van der Waals surface area (Å²) in [6.45, 7) is 6.34. The van der Waals surface area contributed by atoms with Crippen molar-refractivity contribution < 1.29 is 0 Å². The lowest BCUT2D eigenvalue weighted by molar-refractivity contribution is 0.728. The van der Waals surface area contributed by atoms with Gasteiger partial charge < -0.3 is 4.57 Å². The standard InChI is InChI=1S/C46H33N/c1-3-46(2)26-24-41-43-30-33(31-12-5-4-6-13-31)21-23-44(43)47(45(41)25-27-46)35-15-11-14-32(28-35)34-20-22-40-38-18-8-7-16-36(38)37-17-9-10-19-39(37)42(40)29-34/h3-30H,1H2,2H3. The van der Waals surface area contributed by atoms with E-state index < -0.39 is 0 Å². The first-order valence-corrected chi connectivity index (χ1v) is 16.3. The molecular formula is C46H33N. The number of hydrogen-bond donors (Lipinski definition) is 0. The topological polar surface area (TPSA) is 4.93 Å². The molecule has 0 spiro atoms. The van der Waals surface area contributed by atoms with E-state index in [4.69, 9.17) is 0 Å². The first-order chi connectivity index (χ1) is 23.1. The van der Waals surface area contributed by atoms with Gasteiger partial charge in [-0.15, -0.1) is 6.58 Å². The smallest absolute Gasteiger partial charge is 0.0541 e. The maximum Gasteiger partial charge on any atom is 0.0541 e. The molecule has 9 rings (SSSR count). The van der Waals surface area contributed by atoms with Crippen molar-refractivity contribution in [3.8, 4) is 27.9 Å². The van der Waals surface area contributed by atoms with Crippen molar-refractivity contribution in [3.05, 3.63) is 176 Å². The number of rotatable bonds is 4. The Bertz CT molecular complexity index is 2560. The van der Waals surface area contributed by atoms with Crippen LogP contribution in [0.4, 0.5) is 0 Å². The minimum Gasteiger partial charge on any atom is -0.309 e. The van der Waals surface area contributed by atoms with Gasteiger partial charge in [0.25, 0.3) is 0 Å². The first-order valence-electron chi connectivity index (χ1n) is 16.3. The zero-order valence-electron chi connectivity index (χ0n) is 26.3. The number of fused-ring (bicyclic) bond motifs is 9. The predicted molar refractivity (Wildman–Crippen MR) is 203 cm³/mol. The van der Waals surface area contributed by atoms with Gasteiger partial charge in [0.1, 0.15) is 0 Å². The van der Waals surface area contributed by atoms with E-state index in [1.54, 1.807) is 0 Å².